The summed E-state index contributed by atoms with van der Waals surface area (Å²) >= 11 is 0. The van der Waals surface area contributed by atoms with E-state index in [-0.39, 0.29) is 24.0 Å². The molecule has 0 bridgehead atoms. The number of esters is 1. The van der Waals surface area contributed by atoms with Gasteiger partial charge in [-0.05, 0) is 43.8 Å². The summed E-state index contributed by atoms with van der Waals surface area (Å²) < 4.78 is 32.7. The number of ether oxygens (including phenoxy) is 1. The fourth-order valence-electron chi connectivity index (χ4n) is 3.77. The van der Waals surface area contributed by atoms with Crippen molar-refractivity contribution in [2.24, 2.45) is 0 Å². The molecule has 0 saturated heterocycles. The Morgan fingerprint density at radius 2 is 1.89 bits per heavy atom. The lowest BCUT2D eigenvalue weighted by molar-refractivity contribution is 0.0600. The molecule has 0 N–H and O–H groups in total. The molecule has 0 fully saturated rings. The van der Waals surface area contributed by atoms with Crippen LogP contribution in [0.1, 0.15) is 22.8 Å². The van der Waals surface area contributed by atoms with E-state index >= 15 is 0 Å². The Balaban J connectivity index is 1.68. The molecule has 1 heterocycles. The molecule has 0 atom stereocenters. The van der Waals surface area contributed by atoms with Gasteiger partial charge in [0.15, 0.2) is 0 Å². The Morgan fingerprint density at radius 3 is 2.57 bits per heavy atom. The molecule has 8 nitrogen and oxygen atoms in total. The van der Waals surface area contributed by atoms with Crippen LogP contribution in [-0.2, 0) is 14.8 Å². The maximum atomic E-state index is 13.4. The molecule has 0 aliphatic rings. The van der Waals surface area contributed by atoms with Gasteiger partial charge in [0.25, 0.3) is 0 Å². The number of carbonyl (C=O) groups excluding carboxylic acids is 1. The van der Waals surface area contributed by atoms with Crippen molar-refractivity contribution in [2.75, 3.05) is 40.3 Å². The molecule has 1 aromatic heterocycles. The lowest BCUT2D eigenvalue weighted by atomic mass is 10.1. The summed E-state index contributed by atoms with van der Waals surface area (Å²) in [5.74, 6) is -0.381. The molecular weight excluding hydrogens is 464 g/mol. The number of nitriles is 1. The van der Waals surface area contributed by atoms with Crippen molar-refractivity contribution in [1.82, 2.24) is 14.2 Å². The predicted molar refractivity (Wildman–Crippen MR) is 135 cm³/mol. The third-order valence-electron chi connectivity index (χ3n) is 5.50. The van der Waals surface area contributed by atoms with Gasteiger partial charge in [0.1, 0.15) is 6.54 Å². The summed E-state index contributed by atoms with van der Waals surface area (Å²) in [4.78, 5) is 17.8. The largest absolute Gasteiger partial charge is 0.465 e. The van der Waals surface area contributed by atoms with Gasteiger partial charge in [-0.25, -0.2) is 13.2 Å². The van der Waals surface area contributed by atoms with Crippen LogP contribution in [0.15, 0.2) is 71.4 Å². The highest BCUT2D eigenvalue weighted by atomic mass is 32.2. The minimum absolute atomic E-state index is 0.168. The van der Waals surface area contributed by atoms with Crippen LogP contribution in [-0.4, -0.2) is 68.9 Å². The molecule has 0 saturated carbocycles. The van der Waals surface area contributed by atoms with Crippen molar-refractivity contribution in [3.05, 3.63) is 77.6 Å². The van der Waals surface area contributed by atoms with Crippen molar-refractivity contribution in [3.8, 4) is 6.07 Å². The SMILES string of the molecule is COC(=O)c1ccc(C=C(C)CN(C)CCN(CC#N)S(=O)(=O)c2cccc3cnccc23)cc1. The molecule has 9 heteroatoms. The van der Waals surface area contributed by atoms with Gasteiger partial charge in [-0.3, -0.25) is 4.98 Å². The first-order valence-corrected chi connectivity index (χ1v) is 12.4. The zero-order valence-corrected chi connectivity index (χ0v) is 20.8. The van der Waals surface area contributed by atoms with E-state index < -0.39 is 10.0 Å². The number of aromatic nitrogens is 1. The fourth-order valence-corrected chi connectivity index (χ4v) is 5.31. The Kier molecular flexibility index (Phi) is 8.71. The maximum absolute atomic E-state index is 13.4. The van der Waals surface area contributed by atoms with Gasteiger partial charge in [-0.1, -0.05) is 35.9 Å². The molecule has 0 spiro atoms. The van der Waals surface area contributed by atoms with Crippen molar-refractivity contribution in [1.29, 1.82) is 5.26 Å². The fraction of sp³-hybridized carbons (Fsp3) is 0.269. The van der Waals surface area contributed by atoms with Crippen LogP contribution < -0.4 is 0 Å². The van der Waals surface area contributed by atoms with E-state index in [1.54, 1.807) is 42.7 Å². The first-order chi connectivity index (χ1) is 16.8. The van der Waals surface area contributed by atoms with E-state index in [9.17, 15) is 18.5 Å². The average Bonchev–Trinajstić information content (AvgIpc) is 2.85. The lowest BCUT2D eigenvalue weighted by Crippen LogP contribution is -2.38. The molecule has 3 rings (SSSR count). The lowest BCUT2D eigenvalue weighted by Gasteiger charge is -2.24. The Bertz CT molecular complexity index is 1360. The minimum atomic E-state index is -3.87. The quantitative estimate of drug-likeness (QED) is 0.315. The molecule has 0 radical (unpaired) electrons. The zero-order chi connectivity index (χ0) is 25.4. The molecule has 182 valence electrons. The summed E-state index contributed by atoms with van der Waals surface area (Å²) in [6.45, 7) is 2.98. The smallest absolute Gasteiger partial charge is 0.337 e. The first kappa shape index (κ1) is 26.0. The van der Waals surface area contributed by atoms with E-state index in [1.165, 1.54) is 11.4 Å². The second kappa shape index (κ2) is 11.7. The molecule has 35 heavy (non-hydrogen) atoms. The molecule has 0 amide bonds. The molecule has 2 aromatic carbocycles. The van der Waals surface area contributed by atoms with Crippen LogP contribution in [0.25, 0.3) is 16.8 Å². The summed E-state index contributed by atoms with van der Waals surface area (Å²) in [6, 6.07) is 15.8. The van der Waals surface area contributed by atoms with Crippen LogP contribution in [0, 0.1) is 11.3 Å². The third kappa shape index (κ3) is 6.51. The number of methoxy groups -OCH3 is 1. The molecule has 0 aliphatic heterocycles. The highest BCUT2D eigenvalue weighted by Gasteiger charge is 2.26. The molecule has 3 aromatic rings. The van der Waals surface area contributed by atoms with Crippen molar-refractivity contribution < 1.29 is 17.9 Å². The number of hydrogen-bond acceptors (Lipinski definition) is 7. The standard InChI is InChI=1S/C26H28N4O4S/c1-20(17-21-7-9-22(10-8-21)26(31)34-3)19-29(2)15-16-30(14-12-27)35(32,33)25-6-4-5-23-18-28-13-11-24(23)25/h4-11,13,17-18H,14-16,19H2,1-3H3. The second-order valence-corrected chi connectivity index (χ2v) is 10.1. The van der Waals surface area contributed by atoms with E-state index in [1.807, 2.05) is 49.2 Å². The Morgan fingerprint density at radius 1 is 1.14 bits per heavy atom. The van der Waals surface area contributed by atoms with Crippen molar-refractivity contribution in [2.45, 2.75) is 11.8 Å². The first-order valence-electron chi connectivity index (χ1n) is 11.0. The number of nitrogens with zero attached hydrogens (tertiary/aromatic N) is 4. The van der Waals surface area contributed by atoms with Crippen molar-refractivity contribution in [3.63, 3.8) is 0 Å². The van der Waals surface area contributed by atoms with E-state index in [0.29, 0.717) is 24.0 Å². The second-order valence-electron chi connectivity index (χ2n) is 8.19. The molecule has 0 unspecified atom stereocenters. The summed E-state index contributed by atoms with van der Waals surface area (Å²) in [5, 5.41) is 10.6. The zero-order valence-electron chi connectivity index (χ0n) is 20.0. The summed E-state index contributed by atoms with van der Waals surface area (Å²) in [7, 11) is -0.625. The van der Waals surface area contributed by atoms with Gasteiger partial charge in [0.2, 0.25) is 10.0 Å². The number of likely N-dealkylation sites (N-methyl/N-ethyl adjacent to an activating group) is 1. The van der Waals surface area contributed by atoms with Gasteiger partial charge < -0.3 is 9.64 Å². The van der Waals surface area contributed by atoms with Gasteiger partial charge in [0.05, 0.1) is 23.6 Å². The van der Waals surface area contributed by atoms with Crippen LogP contribution >= 0.6 is 0 Å². The summed E-state index contributed by atoms with van der Waals surface area (Å²) in [6.07, 6.45) is 5.18. The van der Waals surface area contributed by atoms with Gasteiger partial charge in [0, 0.05) is 42.8 Å². The van der Waals surface area contributed by atoms with Gasteiger partial charge in [-0.15, -0.1) is 0 Å². The van der Waals surface area contributed by atoms with Crippen LogP contribution in [0.5, 0.6) is 0 Å². The molecular formula is C26H28N4O4S. The van der Waals surface area contributed by atoms with Crippen molar-refractivity contribution >= 4 is 32.8 Å². The summed E-state index contributed by atoms with van der Waals surface area (Å²) in [5.41, 5.74) is 2.50. The number of pyridine rings is 1. The van der Waals surface area contributed by atoms with Crippen LogP contribution in [0.2, 0.25) is 0 Å². The number of fused-ring (bicyclic) bond motifs is 1. The van der Waals surface area contributed by atoms with Gasteiger partial charge in [-0.2, -0.15) is 9.57 Å². The number of carbonyl (C=O) groups is 1. The number of benzene rings is 2. The number of rotatable bonds is 10. The molecule has 0 aliphatic carbocycles. The highest BCUT2D eigenvalue weighted by Crippen LogP contribution is 2.25. The van der Waals surface area contributed by atoms with E-state index in [4.69, 9.17) is 4.74 Å². The van der Waals surface area contributed by atoms with Crippen LogP contribution in [0.3, 0.4) is 0 Å². The average molecular weight is 493 g/mol. The Labute approximate surface area is 206 Å². The van der Waals surface area contributed by atoms with Gasteiger partial charge >= 0.3 is 5.97 Å². The highest BCUT2D eigenvalue weighted by molar-refractivity contribution is 7.89. The van der Waals surface area contributed by atoms with Crippen LogP contribution in [0.4, 0.5) is 0 Å². The maximum Gasteiger partial charge on any atom is 0.337 e. The minimum Gasteiger partial charge on any atom is -0.465 e. The number of hydrogen-bond donors (Lipinski definition) is 0. The van der Waals surface area contributed by atoms with E-state index in [2.05, 4.69) is 4.98 Å². The monoisotopic (exact) mass is 492 g/mol. The topological polar surface area (TPSA) is 104 Å². The van der Waals surface area contributed by atoms with E-state index in [0.717, 1.165) is 16.5 Å². The number of sulfonamides is 1. The third-order valence-corrected chi connectivity index (χ3v) is 7.40. The predicted octanol–water partition coefficient (Wildman–Crippen LogP) is 3.57. The Hall–Kier alpha value is -3.58. The normalized spacial score (nSPS) is 12.2.